The van der Waals surface area contributed by atoms with Gasteiger partial charge < -0.3 is 0 Å². The zero-order valence-corrected chi connectivity index (χ0v) is 8.62. The SMILES string of the molecule is CCCC1CCC(C#N)(N=C=O)CC1. The summed E-state index contributed by atoms with van der Waals surface area (Å²) in [5.74, 6) is 0.725. The Bertz CT molecular complexity index is 266. The van der Waals surface area contributed by atoms with Crippen LogP contribution in [0.2, 0.25) is 0 Å². The van der Waals surface area contributed by atoms with E-state index in [0.717, 1.165) is 31.6 Å². The maximum atomic E-state index is 10.2. The van der Waals surface area contributed by atoms with Gasteiger partial charge in [0.2, 0.25) is 6.08 Å². The molecule has 0 bridgehead atoms. The van der Waals surface area contributed by atoms with E-state index < -0.39 is 5.54 Å². The summed E-state index contributed by atoms with van der Waals surface area (Å²) >= 11 is 0. The van der Waals surface area contributed by atoms with Crippen molar-refractivity contribution in [1.29, 1.82) is 5.26 Å². The van der Waals surface area contributed by atoms with Gasteiger partial charge in [-0.05, 0) is 31.6 Å². The van der Waals surface area contributed by atoms with Gasteiger partial charge in [0.25, 0.3) is 0 Å². The Morgan fingerprint density at radius 3 is 2.57 bits per heavy atom. The van der Waals surface area contributed by atoms with Crippen LogP contribution in [0.15, 0.2) is 4.99 Å². The standard InChI is InChI=1S/C11H16N2O/c1-2-3-10-4-6-11(8-12,7-5-10)13-9-14/h10H,2-7H2,1H3. The molecule has 0 spiro atoms. The van der Waals surface area contributed by atoms with Gasteiger partial charge >= 0.3 is 0 Å². The van der Waals surface area contributed by atoms with Crippen LogP contribution in [-0.4, -0.2) is 11.6 Å². The summed E-state index contributed by atoms with van der Waals surface area (Å²) in [6.07, 6.45) is 7.44. The topological polar surface area (TPSA) is 53.2 Å². The minimum absolute atomic E-state index is 0.725. The van der Waals surface area contributed by atoms with Crippen molar-refractivity contribution in [1.82, 2.24) is 0 Å². The number of rotatable bonds is 3. The molecule has 0 radical (unpaired) electrons. The van der Waals surface area contributed by atoms with E-state index in [-0.39, 0.29) is 0 Å². The predicted molar refractivity (Wildman–Crippen MR) is 53.3 cm³/mol. The maximum Gasteiger partial charge on any atom is 0.236 e. The highest BCUT2D eigenvalue weighted by Gasteiger charge is 2.34. The summed E-state index contributed by atoms with van der Waals surface area (Å²) in [4.78, 5) is 13.9. The van der Waals surface area contributed by atoms with Gasteiger partial charge in [0.1, 0.15) is 0 Å². The van der Waals surface area contributed by atoms with Crippen LogP contribution in [0.5, 0.6) is 0 Å². The lowest BCUT2D eigenvalue weighted by Crippen LogP contribution is -2.30. The Balaban J connectivity index is 2.56. The van der Waals surface area contributed by atoms with Gasteiger partial charge in [-0.1, -0.05) is 19.8 Å². The smallest absolute Gasteiger partial charge is 0.211 e. The molecule has 0 atom stereocenters. The molecule has 1 rings (SSSR count). The molecule has 1 aliphatic rings. The number of nitriles is 1. The van der Waals surface area contributed by atoms with Crippen LogP contribution in [0, 0.1) is 17.2 Å². The third-order valence-electron chi connectivity index (χ3n) is 3.10. The van der Waals surface area contributed by atoms with Crippen LogP contribution < -0.4 is 0 Å². The summed E-state index contributed by atoms with van der Waals surface area (Å²) in [6, 6.07) is 2.15. The Hall–Kier alpha value is -1.13. The Morgan fingerprint density at radius 2 is 2.14 bits per heavy atom. The van der Waals surface area contributed by atoms with Crippen LogP contribution in [-0.2, 0) is 4.79 Å². The fraction of sp³-hybridized carbons (Fsp3) is 0.818. The number of hydrogen-bond donors (Lipinski definition) is 0. The van der Waals surface area contributed by atoms with Gasteiger partial charge in [0.15, 0.2) is 5.54 Å². The fourth-order valence-corrected chi connectivity index (χ4v) is 2.19. The molecule has 0 heterocycles. The largest absolute Gasteiger partial charge is 0.236 e. The molecule has 3 heteroatoms. The average Bonchev–Trinajstić information content (AvgIpc) is 2.22. The zero-order valence-electron chi connectivity index (χ0n) is 8.62. The van der Waals surface area contributed by atoms with Gasteiger partial charge in [-0.25, -0.2) is 4.79 Å². The molecule has 0 N–H and O–H groups in total. The second-order valence-corrected chi connectivity index (χ2v) is 4.08. The van der Waals surface area contributed by atoms with Crippen LogP contribution >= 0.6 is 0 Å². The molecule has 14 heavy (non-hydrogen) atoms. The van der Waals surface area contributed by atoms with Crippen molar-refractivity contribution in [3.8, 4) is 6.07 Å². The first-order valence-corrected chi connectivity index (χ1v) is 5.26. The first kappa shape index (κ1) is 10.9. The number of nitrogens with zero attached hydrogens (tertiary/aromatic N) is 2. The van der Waals surface area contributed by atoms with Crippen LogP contribution in [0.25, 0.3) is 0 Å². The summed E-state index contributed by atoms with van der Waals surface area (Å²) in [7, 11) is 0. The second kappa shape index (κ2) is 4.93. The molecule has 1 aliphatic carbocycles. The van der Waals surface area contributed by atoms with E-state index in [2.05, 4.69) is 18.0 Å². The average molecular weight is 192 g/mol. The zero-order chi connectivity index (χ0) is 10.4. The lowest BCUT2D eigenvalue weighted by Gasteiger charge is -2.30. The summed E-state index contributed by atoms with van der Waals surface area (Å²) in [6.45, 7) is 2.18. The monoisotopic (exact) mass is 192 g/mol. The van der Waals surface area contributed by atoms with Crippen molar-refractivity contribution >= 4 is 6.08 Å². The molecule has 0 aliphatic heterocycles. The molecule has 0 saturated heterocycles. The van der Waals surface area contributed by atoms with E-state index in [1.807, 2.05) is 0 Å². The van der Waals surface area contributed by atoms with Gasteiger partial charge in [0.05, 0.1) is 6.07 Å². The van der Waals surface area contributed by atoms with E-state index in [1.165, 1.54) is 18.9 Å². The lowest BCUT2D eigenvalue weighted by molar-refractivity contribution is 0.269. The van der Waals surface area contributed by atoms with Crippen LogP contribution in [0.1, 0.15) is 45.4 Å². The highest BCUT2D eigenvalue weighted by atomic mass is 16.1. The minimum Gasteiger partial charge on any atom is -0.211 e. The van der Waals surface area contributed by atoms with Crippen molar-refractivity contribution in [3.63, 3.8) is 0 Å². The fourth-order valence-electron chi connectivity index (χ4n) is 2.19. The highest BCUT2D eigenvalue weighted by Crippen LogP contribution is 2.36. The van der Waals surface area contributed by atoms with E-state index in [4.69, 9.17) is 5.26 Å². The summed E-state index contributed by atoms with van der Waals surface area (Å²) < 4.78 is 0. The van der Waals surface area contributed by atoms with Gasteiger partial charge in [0, 0.05) is 0 Å². The molecule has 76 valence electrons. The molecule has 0 amide bonds. The molecular formula is C11H16N2O. The third-order valence-corrected chi connectivity index (χ3v) is 3.10. The Morgan fingerprint density at radius 1 is 1.50 bits per heavy atom. The van der Waals surface area contributed by atoms with Crippen molar-refractivity contribution in [2.75, 3.05) is 0 Å². The molecule has 1 saturated carbocycles. The van der Waals surface area contributed by atoms with Gasteiger partial charge in [-0.2, -0.15) is 10.3 Å². The number of hydrogen-bond acceptors (Lipinski definition) is 3. The van der Waals surface area contributed by atoms with Crippen LogP contribution in [0.3, 0.4) is 0 Å². The Labute approximate surface area is 84.8 Å². The molecule has 0 unspecified atom stereocenters. The Kier molecular flexibility index (Phi) is 3.85. The number of carbonyl (C=O) groups excluding carboxylic acids is 1. The van der Waals surface area contributed by atoms with E-state index in [1.54, 1.807) is 0 Å². The molecular weight excluding hydrogens is 176 g/mol. The minimum atomic E-state index is -0.744. The van der Waals surface area contributed by atoms with Gasteiger partial charge in [-0.3, -0.25) is 0 Å². The molecule has 0 aromatic carbocycles. The van der Waals surface area contributed by atoms with Gasteiger partial charge in [-0.15, -0.1) is 0 Å². The van der Waals surface area contributed by atoms with E-state index in [9.17, 15) is 4.79 Å². The molecule has 0 aromatic rings. The van der Waals surface area contributed by atoms with Crippen LogP contribution in [0.4, 0.5) is 0 Å². The second-order valence-electron chi connectivity index (χ2n) is 4.08. The highest BCUT2D eigenvalue weighted by molar-refractivity contribution is 5.37. The quantitative estimate of drug-likeness (QED) is 0.509. The normalized spacial score (nSPS) is 31.6. The van der Waals surface area contributed by atoms with Crippen molar-refractivity contribution in [2.45, 2.75) is 51.0 Å². The lowest BCUT2D eigenvalue weighted by atomic mass is 9.76. The van der Waals surface area contributed by atoms with E-state index >= 15 is 0 Å². The first-order chi connectivity index (χ1) is 6.76. The summed E-state index contributed by atoms with van der Waals surface area (Å²) in [5, 5.41) is 8.97. The molecule has 3 nitrogen and oxygen atoms in total. The van der Waals surface area contributed by atoms with Crippen molar-refractivity contribution < 1.29 is 4.79 Å². The van der Waals surface area contributed by atoms with E-state index in [0.29, 0.717) is 0 Å². The maximum absolute atomic E-state index is 10.2. The van der Waals surface area contributed by atoms with Crippen molar-refractivity contribution in [3.05, 3.63) is 0 Å². The predicted octanol–water partition coefficient (Wildman–Crippen LogP) is 2.57. The number of isocyanates is 1. The molecule has 0 aromatic heterocycles. The third kappa shape index (κ3) is 2.43. The first-order valence-electron chi connectivity index (χ1n) is 5.26. The van der Waals surface area contributed by atoms with Crippen molar-refractivity contribution in [2.24, 2.45) is 10.9 Å². The molecule has 1 fully saturated rings. The number of aliphatic imine (C=N–C) groups is 1. The summed E-state index contributed by atoms with van der Waals surface area (Å²) in [5.41, 5.74) is -0.744.